The standard InChI is InChI=1S/C17H17N3O3/c1-2-17(21)15(20(22)23)8-10-19-14-6-4-3-5-12(14)13-7-9-18-11-16(13)19/h2-6,11,15H,1,7-10H2. The molecule has 0 aliphatic carbocycles. The number of aryl methyl sites for hydroxylation is 1. The fraction of sp³-hybridized carbons (Fsp3) is 0.294. The molecule has 0 bridgehead atoms. The van der Waals surface area contributed by atoms with Crippen LogP contribution in [0.2, 0.25) is 0 Å². The second-order valence-electron chi connectivity index (χ2n) is 5.51. The maximum absolute atomic E-state index is 11.7. The van der Waals surface area contributed by atoms with Crippen molar-refractivity contribution in [3.8, 4) is 0 Å². The fourth-order valence-electron chi connectivity index (χ4n) is 3.11. The molecule has 1 atom stereocenters. The van der Waals surface area contributed by atoms with E-state index in [1.54, 1.807) is 0 Å². The molecular weight excluding hydrogens is 294 g/mol. The molecule has 3 rings (SSSR count). The number of aliphatic imine (C=N–C) groups is 1. The fourth-order valence-corrected chi connectivity index (χ4v) is 3.11. The van der Waals surface area contributed by atoms with E-state index >= 15 is 0 Å². The van der Waals surface area contributed by atoms with Gasteiger partial charge in [0.05, 0.1) is 5.69 Å². The van der Waals surface area contributed by atoms with Crippen molar-refractivity contribution in [3.05, 3.63) is 58.3 Å². The summed E-state index contributed by atoms with van der Waals surface area (Å²) in [6, 6.07) is 6.74. The van der Waals surface area contributed by atoms with Crippen LogP contribution in [0.5, 0.6) is 0 Å². The summed E-state index contributed by atoms with van der Waals surface area (Å²) in [5.74, 6) is -0.547. The molecule has 1 unspecified atom stereocenters. The smallest absolute Gasteiger partial charge is 0.275 e. The minimum Gasteiger partial charge on any atom is -0.339 e. The number of nitrogens with zero attached hydrogens (tertiary/aromatic N) is 3. The van der Waals surface area contributed by atoms with E-state index in [4.69, 9.17) is 0 Å². The Morgan fingerprint density at radius 3 is 3.00 bits per heavy atom. The lowest BCUT2D eigenvalue weighted by Crippen LogP contribution is -2.29. The Bertz CT molecular complexity index is 820. The second-order valence-corrected chi connectivity index (χ2v) is 5.51. The second kappa shape index (κ2) is 6.16. The number of hydrogen-bond acceptors (Lipinski definition) is 4. The van der Waals surface area contributed by atoms with Crippen molar-refractivity contribution in [3.63, 3.8) is 0 Å². The first-order valence-electron chi connectivity index (χ1n) is 7.53. The van der Waals surface area contributed by atoms with Crippen molar-refractivity contribution < 1.29 is 9.72 Å². The minimum absolute atomic E-state index is 0.136. The molecule has 0 amide bonds. The van der Waals surface area contributed by atoms with E-state index in [2.05, 4.69) is 17.6 Å². The number of carbonyl (C=O) groups excluding carboxylic acids is 1. The first-order chi connectivity index (χ1) is 11.1. The van der Waals surface area contributed by atoms with Crippen molar-refractivity contribution in [2.75, 3.05) is 6.54 Å². The van der Waals surface area contributed by atoms with Gasteiger partial charge >= 0.3 is 0 Å². The quantitative estimate of drug-likeness (QED) is 0.467. The Kier molecular flexibility index (Phi) is 4.06. The summed E-state index contributed by atoms with van der Waals surface area (Å²) in [4.78, 5) is 26.6. The molecule has 0 saturated heterocycles. The van der Waals surface area contributed by atoms with Crippen molar-refractivity contribution in [2.24, 2.45) is 4.99 Å². The highest BCUT2D eigenvalue weighted by atomic mass is 16.6. The predicted molar refractivity (Wildman–Crippen MR) is 88.7 cm³/mol. The molecule has 6 nitrogen and oxygen atoms in total. The summed E-state index contributed by atoms with van der Waals surface area (Å²) in [5.41, 5.74) is 3.24. The van der Waals surface area contributed by atoms with Crippen LogP contribution >= 0.6 is 0 Å². The van der Waals surface area contributed by atoms with Crippen molar-refractivity contribution in [1.29, 1.82) is 0 Å². The molecule has 118 valence electrons. The van der Waals surface area contributed by atoms with Gasteiger partial charge in [0.25, 0.3) is 6.04 Å². The Balaban J connectivity index is 1.97. The first-order valence-corrected chi connectivity index (χ1v) is 7.53. The number of para-hydroxylation sites is 1. The zero-order valence-corrected chi connectivity index (χ0v) is 12.6. The van der Waals surface area contributed by atoms with E-state index in [1.165, 1.54) is 5.56 Å². The van der Waals surface area contributed by atoms with Crippen LogP contribution in [0.3, 0.4) is 0 Å². The maximum Gasteiger partial charge on any atom is 0.275 e. The summed E-state index contributed by atoms with van der Waals surface area (Å²) in [6.45, 7) is 4.50. The first kappa shape index (κ1) is 15.1. The van der Waals surface area contributed by atoms with Gasteiger partial charge in [0, 0.05) is 41.6 Å². The number of rotatable bonds is 6. The van der Waals surface area contributed by atoms with Gasteiger partial charge in [0.15, 0.2) is 0 Å². The molecule has 1 aliphatic rings. The van der Waals surface area contributed by atoms with Gasteiger partial charge in [-0.3, -0.25) is 19.9 Å². The Morgan fingerprint density at radius 1 is 1.48 bits per heavy atom. The molecule has 6 heteroatoms. The van der Waals surface area contributed by atoms with Gasteiger partial charge in [0.1, 0.15) is 0 Å². The van der Waals surface area contributed by atoms with Gasteiger partial charge in [-0.05, 0) is 24.1 Å². The van der Waals surface area contributed by atoms with E-state index in [1.807, 2.05) is 29.0 Å². The summed E-state index contributed by atoms with van der Waals surface area (Å²) in [5, 5.41) is 12.3. The molecule has 23 heavy (non-hydrogen) atoms. The van der Waals surface area contributed by atoms with E-state index in [9.17, 15) is 14.9 Å². The molecular formula is C17H17N3O3. The van der Waals surface area contributed by atoms with Gasteiger partial charge in [0.2, 0.25) is 5.78 Å². The SMILES string of the molecule is C=CC(=O)C(CCn1c2c(c3ccccc31)CCN=C2)[N+](=O)[O-]. The highest BCUT2D eigenvalue weighted by Gasteiger charge is 2.28. The lowest BCUT2D eigenvalue weighted by Gasteiger charge is -2.12. The zero-order chi connectivity index (χ0) is 16.4. The van der Waals surface area contributed by atoms with Crippen LogP contribution in [0, 0.1) is 10.1 Å². The van der Waals surface area contributed by atoms with E-state index < -0.39 is 16.7 Å². The van der Waals surface area contributed by atoms with Crippen LogP contribution in [0.25, 0.3) is 10.9 Å². The Morgan fingerprint density at radius 2 is 2.26 bits per heavy atom. The van der Waals surface area contributed by atoms with Gasteiger partial charge < -0.3 is 4.57 Å². The number of carbonyl (C=O) groups is 1. The van der Waals surface area contributed by atoms with Crippen LogP contribution in [-0.4, -0.2) is 34.1 Å². The zero-order valence-electron chi connectivity index (χ0n) is 12.6. The van der Waals surface area contributed by atoms with Crippen molar-refractivity contribution in [2.45, 2.75) is 25.4 Å². The van der Waals surface area contributed by atoms with E-state index in [0.29, 0.717) is 6.54 Å². The molecule has 0 spiro atoms. The molecule has 2 heterocycles. The molecule has 1 aliphatic heterocycles. The monoisotopic (exact) mass is 311 g/mol. The molecule has 0 saturated carbocycles. The third-order valence-electron chi connectivity index (χ3n) is 4.23. The molecule has 0 fully saturated rings. The molecule has 2 aromatic rings. The molecule has 1 aromatic carbocycles. The lowest BCUT2D eigenvalue weighted by molar-refractivity contribution is -0.507. The number of benzene rings is 1. The number of aromatic nitrogens is 1. The largest absolute Gasteiger partial charge is 0.339 e. The summed E-state index contributed by atoms with van der Waals surface area (Å²) >= 11 is 0. The average molecular weight is 311 g/mol. The highest BCUT2D eigenvalue weighted by molar-refractivity contribution is 5.95. The normalized spacial score (nSPS) is 14.4. The maximum atomic E-state index is 11.7. The summed E-state index contributed by atoms with van der Waals surface area (Å²) in [6.07, 6.45) is 3.86. The topological polar surface area (TPSA) is 77.5 Å². The number of ketones is 1. The number of hydrogen-bond donors (Lipinski definition) is 0. The van der Waals surface area contributed by atoms with Crippen molar-refractivity contribution in [1.82, 2.24) is 4.57 Å². The lowest BCUT2D eigenvalue weighted by atomic mass is 10.1. The summed E-state index contributed by atoms with van der Waals surface area (Å²) < 4.78 is 2.03. The van der Waals surface area contributed by atoms with Crippen LogP contribution < -0.4 is 0 Å². The molecule has 0 N–H and O–H groups in total. The van der Waals surface area contributed by atoms with Gasteiger partial charge in [-0.1, -0.05) is 24.8 Å². The highest BCUT2D eigenvalue weighted by Crippen LogP contribution is 2.28. The summed E-state index contributed by atoms with van der Waals surface area (Å²) in [7, 11) is 0. The molecule has 0 radical (unpaired) electrons. The van der Waals surface area contributed by atoms with Gasteiger partial charge in [-0.15, -0.1) is 0 Å². The van der Waals surface area contributed by atoms with Crippen LogP contribution in [0.1, 0.15) is 17.7 Å². The number of fused-ring (bicyclic) bond motifs is 3. The van der Waals surface area contributed by atoms with Crippen LogP contribution in [0.15, 0.2) is 41.9 Å². The molecule has 1 aromatic heterocycles. The van der Waals surface area contributed by atoms with Gasteiger partial charge in [-0.2, -0.15) is 0 Å². The van der Waals surface area contributed by atoms with E-state index in [0.717, 1.165) is 35.6 Å². The van der Waals surface area contributed by atoms with Crippen LogP contribution in [0.4, 0.5) is 0 Å². The predicted octanol–water partition coefficient (Wildman–Crippen LogP) is 2.41. The third-order valence-corrected chi connectivity index (χ3v) is 4.23. The minimum atomic E-state index is -1.25. The van der Waals surface area contributed by atoms with Crippen molar-refractivity contribution >= 4 is 22.9 Å². The van der Waals surface area contributed by atoms with Gasteiger partial charge in [-0.25, -0.2) is 0 Å². The van der Waals surface area contributed by atoms with E-state index in [-0.39, 0.29) is 6.42 Å². The Hall–Kier alpha value is -2.76. The Labute approximate surface area is 133 Å². The third kappa shape index (κ3) is 2.67. The number of nitro groups is 1. The van der Waals surface area contributed by atoms with Crippen LogP contribution in [-0.2, 0) is 17.8 Å². The average Bonchev–Trinajstić information content (AvgIpc) is 2.89.